The number of rotatable bonds is 7. The zero-order valence-corrected chi connectivity index (χ0v) is 18.0. The predicted molar refractivity (Wildman–Crippen MR) is 116 cm³/mol. The van der Waals surface area contributed by atoms with Crippen LogP contribution in [0.4, 0.5) is 5.00 Å². The van der Waals surface area contributed by atoms with E-state index in [1.165, 1.54) is 23.1 Å². The lowest BCUT2D eigenvalue weighted by molar-refractivity contribution is -0.113. The number of aromatic nitrogens is 2. The van der Waals surface area contributed by atoms with E-state index in [1.807, 2.05) is 13.0 Å². The van der Waals surface area contributed by atoms with E-state index in [4.69, 9.17) is 4.74 Å². The summed E-state index contributed by atoms with van der Waals surface area (Å²) >= 11 is 2.39. The second kappa shape index (κ2) is 9.23. The van der Waals surface area contributed by atoms with Crippen molar-refractivity contribution in [1.82, 2.24) is 9.55 Å². The molecular weight excluding hydrogens is 410 g/mol. The molecule has 0 aliphatic heterocycles. The van der Waals surface area contributed by atoms with Gasteiger partial charge in [-0.2, -0.15) is 0 Å². The predicted octanol–water partition coefficient (Wildman–Crippen LogP) is 3.69. The van der Waals surface area contributed by atoms with Crippen molar-refractivity contribution in [2.75, 3.05) is 17.7 Å². The van der Waals surface area contributed by atoms with E-state index < -0.39 is 5.97 Å². The number of benzene rings is 1. The van der Waals surface area contributed by atoms with Gasteiger partial charge in [0.05, 0.1) is 28.3 Å². The van der Waals surface area contributed by atoms with Gasteiger partial charge in [-0.25, -0.2) is 9.78 Å². The molecule has 0 saturated carbocycles. The number of hydrogen-bond acceptors (Lipinski definition) is 7. The van der Waals surface area contributed by atoms with Crippen LogP contribution in [0, 0.1) is 6.92 Å². The Hall–Kier alpha value is -2.65. The number of hydrogen-bond donors (Lipinski definition) is 1. The summed E-state index contributed by atoms with van der Waals surface area (Å²) in [6, 6.07) is 8.91. The lowest BCUT2D eigenvalue weighted by Crippen LogP contribution is -2.23. The van der Waals surface area contributed by atoms with E-state index in [0.717, 1.165) is 5.56 Å². The van der Waals surface area contributed by atoms with Gasteiger partial charge in [0, 0.05) is 6.54 Å². The van der Waals surface area contributed by atoms with Crippen molar-refractivity contribution in [3.05, 3.63) is 51.1 Å². The molecule has 2 aromatic heterocycles. The van der Waals surface area contributed by atoms with Crippen molar-refractivity contribution in [3.8, 4) is 0 Å². The highest BCUT2D eigenvalue weighted by Crippen LogP contribution is 2.28. The highest BCUT2D eigenvalue weighted by atomic mass is 32.2. The van der Waals surface area contributed by atoms with Crippen LogP contribution in [0.1, 0.15) is 29.1 Å². The quantitative estimate of drug-likeness (QED) is 0.349. The van der Waals surface area contributed by atoms with Crippen LogP contribution in [-0.4, -0.2) is 33.8 Å². The molecule has 1 aromatic carbocycles. The minimum Gasteiger partial charge on any atom is -0.462 e. The van der Waals surface area contributed by atoms with Gasteiger partial charge in [-0.1, -0.05) is 23.9 Å². The lowest BCUT2D eigenvalue weighted by atomic mass is 10.2. The van der Waals surface area contributed by atoms with Crippen molar-refractivity contribution < 1.29 is 14.3 Å². The Morgan fingerprint density at radius 3 is 2.76 bits per heavy atom. The number of ether oxygens (including phenoxy) is 1. The summed E-state index contributed by atoms with van der Waals surface area (Å²) in [4.78, 5) is 42.0. The fourth-order valence-electron chi connectivity index (χ4n) is 2.78. The van der Waals surface area contributed by atoms with Crippen molar-refractivity contribution >= 4 is 50.9 Å². The number of aryl methyl sites for hydroxylation is 1. The SMILES string of the molecule is CCOC(=O)c1sc(NC(=O)CSc2nc3ccccc3c(=O)n2CC)cc1C. The van der Waals surface area contributed by atoms with Crippen molar-refractivity contribution in [2.45, 2.75) is 32.5 Å². The molecule has 3 rings (SSSR count). The molecule has 29 heavy (non-hydrogen) atoms. The highest BCUT2D eigenvalue weighted by molar-refractivity contribution is 7.99. The maximum atomic E-state index is 12.6. The first-order valence-electron chi connectivity index (χ1n) is 9.14. The van der Waals surface area contributed by atoms with E-state index >= 15 is 0 Å². The second-order valence-corrected chi connectivity index (χ2v) is 8.14. The maximum absolute atomic E-state index is 12.6. The molecule has 0 bridgehead atoms. The molecular formula is C20H21N3O4S2. The Morgan fingerprint density at radius 2 is 2.03 bits per heavy atom. The van der Waals surface area contributed by atoms with Gasteiger partial charge >= 0.3 is 5.97 Å². The molecule has 0 unspecified atom stereocenters. The summed E-state index contributed by atoms with van der Waals surface area (Å²) in [6.07, 6.45) is 0. The zero-order chi connectivity index (χ0) is 21.0. The van der Waals surface area contributed by atoms with Crippen LogP contribution >= 0.6 is 23.1 Å². The third-order valence-electron chi connectivity index (χ3n) is 4.12. The first-order valence-corrected chi connectivity index (χ1v) is 10.9. The van der Waals surface area contributed by atoms with Gasteiger partial charge in [-0.05, 0) is 44.5 Å². The molecule has 1 N–H and O–H groups in total. The Morgan fingerprint density at radius 1 is 1.28 bits per heavy atom. The van der Waals surface area contributed by atoms with E-state index in [9.17, 15) is 14.4 Å². The highest BCUT2D eigenvalue weighted by Gasteiger charge is 2.17. The van der Waals surface area contributed by atoms with Crippen molar-refractivity contribution in [2.24, 2.45) is 0 Å². The Labute approximate surface area is 176 Å². The summed E-state index contributed by atoms with van der Waals surface area (Å²) in [7, 11) is 0. The van der Waals surface area contributed by atoms with Gasteiger partial charge in [-0.15, -0.1) is 11.3 Å². The fraction of sp³-hybridized carbons (Fsp3) is 0.300. The van der Waals surface area contributed by atoms with Crippen LogP contribution < -0.4 is 10.9 Å². The number of carbonyl (C=O) groups excluding carboxylic acids is 2. The maximum Gasteiger partial charge on any atom is 0.348 e. The number of thiophene rings is 1. The Kier molecular flexibility index (Phi) is 6.71. The molecule has 9 heteroatoms. The summed E-state index contributed by atoms with van der Waals surface area (Å²) in [6.45, 7) is 6.18. The largest absolute Gasteiger partial charge is 0.462 e. The molecule has 152 valence electrons. The third kappa shape index (κ3) is 4.68. The fourth-order valence-corrected chi connectivity index (χ4v) is 4.63. The minimum atomic E-state index is -0.391. The zero-order valence-electron chi connectivity index (χ0n) is 16.4. The van der Waals surface area contributed by atoms with Crippen LogP contribution in [0.15, 0.2) is 40.3 Å². The number of thioether (sulfide) groups is 1. The molecule has 0 atom stereocenters. The van der Waals surface area contributed by atoms with Gasteiger partial charge in [0.15, 0.2) is 5.16 Å². The van der Waals surface area contributed by atoms with Gasteiger partial charge in [0.2, 0.25) is 5.91 Å². The van der Waals surface area contributed by atoms with Gasteiger partial charge in [0.25, 0.3) is 5.56 Å². The van der Waals surface area contributed by atoms with E-state index in [-0.39, 0.29) is 17.2 Å². The molecule has 0 spiro atoms. The number of para-hydroxylation sites is 1. The first-order chi connectivity index (χ1) is 13.9. The number of anilines is 1. The van der Waals surface area contributed by atoms with Crippen LogP contribution in [0.3, 0.4) is 0 Å². The van der Waals surface area contributed by atoms with Crippen LogP contribution in [0.5, 0.6) is 0 Å². The number of esters is 1. The summed E-state index contributed by atoms with van der Waals surface area (Å²) in [5, 5.41) is 4.43. The van der Waals surface area contributed by atoms with E-state index in [1.54, 1.807) is 42.7 Å². The van der Waals surface area contributed by atoms with Crippen LogP contribution in [0.2, 0.25) is 0 Å². The number of carbonyl (C=O) groups is 2. The van der Waals surface area contributed by atoms with Gasteiger partial charge < -0.3 is 10.1 Å². The molecule has 2 heterocycles. The molecule has 1 amide bonds. The number of nitrogens with one attached hydrogen (secondary N) is 1. The van der Waals surface area contributed by atoms with Crippen molar-refractivity contribution in [3.63, 3.8) is 0 Å². The first kappa shape index (κ1) is 21.1. The molecule has 0 aliphatic carbocycles. The summed E-state index contributed by atoms with van der Waals surface area (Å²) < 4.78 is 6.58. The topological polar surface area (TPSA) is 90.3 Å². The average molecular weight is 432 g/mol. The molecule has 7 nitrogen and oxygen atoms in total. The number of nitrogens with zero attached hydrogens (tertiary/aromatic N) is 2. The normalized spacial score (nSPS) is 10.9. The molecule has 0 saturated heterocycles. The van der Waals surface area contributed by atoms with E-state index in [2.05, 4.69) is 10.3 Å². The van der Waals surface area contributed by atoms with Crippen LogP contribution in [0.25, 0.3) is 10.9 Å². The Balaban J connectivity index is 1.72. The third-order valence-corrected chi connectivity index (χ3v) is 6.23. The van der Waals surface area contributed by atoms with Gasteiger partial charge in [-0.3, -0.25) is 14.2 Å². The molecule has 0 fully saturated rings. The standard InChI is InChI=1S/C20H21N3O4S2/c1-4-23-18(25)13-8-6-7-9-14(13)21-20(23)28-11-15(24)22-16-10-12(3)17(29-16)19(26)27-5-2/h6-10H,4-5,11H2,1-3H3,(H,22,24). The average Bonchev–Trinajstić information content (AvgIpc) is 3.07. The minimum absolute atomic E-state index is 0.0937. The lowest BCUT2D eigenvalue weighted by Gasteiger charge is -2.11. The van der Waals surface area contributed by atoms with Crippen LogP contribution in [-0.2, 0) is 16.1 Å². The van der Waals surface area contributed by atoms with Crippen molar-refractivity contribution in [1.29, 1.82) is 0 Å². The summed E-state index contributed by atoms with van der Waals surface area (Å²) in [5.41, 5.74) is 1.25. The number of amides is 1. The number of fused-ring (bicyclic) bond motifs is 1. The Bertz CT molecular complexity index is 1120. The molecule has 0 radical (unpaired) electrons. The molecule has 0 aliphatic rings. The monoisotopic (exact) mass is 431 g/mol. The van der Waals surface area contributed by atoms with Gasteiger partial charge in [0.1, 0.15) is 4.88 Å². The molecule has 3 aromatic rings. The summed E-state index contributed by atoms with van der Waals surface area (Å²) in [5.74, 6) is -0.537. The second-order valence-electron chi connectivity index (χ2n) is 6.14. The van der Waals surface area contributed by atoms with E-state index in [0.29, 0.717) is 39.1 Å². The smallest absolute Gasteiger partial charge is 0.348 e.